The van der Waals surface area contributed by atoms with Gasteiger partial charge in [0.25, 0.3) is 5.91 Å². The van der Waals surface area contributed by atoms with Crippen LogP contribution in [0, 0.1) is 6.92 Å². The summed E-state index contributed by atoms with van der Waals surface area (Å²) >= 11 is 0. The van der Waals surface area contributed by atoms with E-state index in [0.29, 0.717) is 26.2 Å². The molecule has 2 rings (SSSR count). The summed E-state index contributed by atoms with van der Waals surface area (Å²) in [6, 6.07) is 7.86. The lowest BCUT2D eigenvalue weighted by molar-refractivity contribution is 0.0706. The Morgan fingerprint density at radius 2 is 1.87 bits per heavy atom. The molecule has 5 heteroatoms. The second-order valence-corrected chi connectivity index (χ2v) is 6.06. The van der Waals surface area contributed by atoms with Gasteiger partial charge >= 0.3 is 6.03 Å². The topological polar surface area (TPSA) is 52.7 Å². The van der Waals surface area contributed by atoms with Crippen molar-refractivity contribution in [1.29, 1.82) is 0 Å². The third kappa shape index (κ3) is 4.47. The van der Waals surface area contributed by atoms with Crippen molar-refractivity contribution in [2.24, 2.45) is 0 Å². The molecule has 126 valence electrons. The molecule has 1 N–H and O–H groups in total. The van der Waals surface area contributed by atoms with Crippen LogP contribution in [0.3, 0.4) is 0 Å². The fourth-order valence-corrected chi connectivity index (χ4v) is 2.96. The summed E-state index contributed by atoms with van der Waals surface area (Å²) in [5, 5.41) is 3.08. The van der Waals surface area contributed by atoms with E-state index < -0.39 is 0 Å². The molecular formula is C18H27N3O2. The molecule has 3 amide bonds. The summed E-state index contributed by atoms with van der Waals surface area (Å²) < 4.78 is 0. The minimum Gasteiger partial charge on any atom is -0.338 e. The van der Waals surface area contributed by atoms with Gasteiger partial charge in [0.1, 0.15) is 0 Å². The van der Waals surface area contributed by atoms with Crippen molar-refractivity contribution in [3.63, 3.8) is 0 Å². The second kappa shape index (κ2) is 7.99. The van der Waals surface area contributed by atoms with Crippen LogP contribution in [-0.2, 0) is 0 Å². The third-order valence-corrected chi connectivity index (χ3v) is 4.43. The van der Waals surface area contributed by atoms with Crippen LogP contribution >= 0.6 is 0 Å². The van der Waals surface area contributed by atoms with Crippen molar-refractivity contribution in [3.8, 4) is 0 Å². The molecule has 0 bridgehead atoms. The molecule has 0 aromatic heterocycles. The first-order valence-corrected chi connectivity index (χ1v) is 8.46. The summed E-state index contributed by atoms with van der Waals surface area (Å²) in [6.07, 6.45) is 1.62. The lowest BCUT2D eigenvalue weighted by Gasteiger charge is -2.33. The highest BCUT2D eigenvalue weighted by Crippen LogP contribution is 2.15. The fourth-order valence-electron chi connectivity index (χ4n) is 2.96. The largest absolute Gasteiger partial charge is 0.338 e. The van der Waals surface area contributed by atoms with Crippen LogP contribution in [0.15, 0.2) is 24.3 Å². The molecule has 5 nitrogen and oxygen atoms in total. The van der Waals surface area contributed by atoms with Crippen molar-refractivity contribution < 1.29 is 9.59 Å². The molecule has 0 unspecified atom stereocenters. The second-order valence-electron chi connectivity index (χ2n) is 6.06. The number of nitrogens with zero attached hydrogens (tertiary/aromatic N) is 2. The summed E-state index contributed by atoms with van der Waals surface area (Å²) in [4.78, 5) is 28.3. The van der Waals surface area contributed by atoms with E-state index in [1.165, 1.54) is 0 Å². The van der Waals surface area contributed by atoms with E-state index >= 15 is 0 Å². The van der Waals surface area contributed by atoms with Crippen LogP contribution < -0.4 is 5.32 Å². The van der Waals surface area contributed by atoms with Crippen LogP contribution in [0.5, 0.6) is 0 Å². The number of likely N-dealkylation sites (tertiary alicyclic amines) is 1. The van der Waals surface area contributed by atoms with Crippen molar-refractivity contribution in [2.45, 2.75) is 39.7 Å². The molecule has 1 aromatic carbocycles. The maximum absolute atomic E-state index is 12.5. The number of hydrogen-bond donors (Lipinski definition) is 1. The van der Waals surface area contributed by atoms with Gasteiger partial charge in [-0.15, -0.1) is 0 Å². The van der Waals surface area contributed by atoms with Gasteiger partial charge in [0.05, 0.1) is 0 Å². The van der Waals surface area contributed by atoms with Crippen molar-refractivity contribution in [3.05, 3.63) is 35.4 Å². The quantitative estimate of drug-likeness (QED) is 0.928. The van der Waals surface area contributed by atoms with Crippen LogP contribution in [0.4, 0.5) is 4.79 Å². The van der Waals surface area contributed by atoms with E-state index in [4.69, 9.17) is 0 Å². The Balaban J connectivity index is 1.86. The average molecular weight is 317 g/mol. The summed E-state index contributed by atoms with van der Waals surface area (Å²) in [6.45, 7) is 8.76. The lowest BCUT2D eigenvalue weighted by Crippen LogP contribution is -2.50. The van der Waals surface area contributed by atoms with Crippen LogP contribution in [-0.4, -0.2) is 54.0 Å². The van der Waals surface area contributed by atoms with Gasteiger partial charge in [0.15, 0.2) is 0 Å². The number of carbonyl (C=O) groups is 2. The lowest BCUT2D eigenvalue weighted by atomic mass is 10.0. The minimum absolute atomic E-state index is 0.00143. The first kappa shape index (κ1) is 17.3. The first-order chi connectivity index (χ1) is 11.0. The molecule has 1 heterocycles. The van der Waals surface area contributed by atoms with Crippen LogP contribution in [0.25, 0.3) is 0 Å². The Hall–Kier alpha value is -2.04. The Labute approximate surface area is 138 Å². The Kier molecular flexibility index (Phi) is 6.02. The number of aryl methyl sites for hydroxylation is 1. The highest BCUT2D eigenvalue weighted by molar-refractivity contribution is 5.94. The van der Waals surface area contributed by atoms with Gasteiger partial charge in [0, 0.05) is 37.8 Å². The van der Waals surface area contributed by atoms with E-state index in [1.54, 1.807) is 4.90 Å². The Morgan fingerprint density at radius 1 is 1.22 bits per heavy atom. The number of nitrogens with one attached hydrogen (secondary N) is 1. The molecule has 0 saturated carbocycles. The smallest absolute Gasteiger partial charge is 0.317 e. The number of rotatable bonds is 4. The van der Waals surface area contributed by atoms with E-state index in [1.807, 2.05) is 49.9 Å². The zero-order valence-corrected chi connectivity index (χ0v) is 14.3. The monoisotopic (exact) mass is 317 g/mol. The molecule has 0 atom stereocenters. The summed E-state index contributed by atoms with van der Waals surface area (Å²) in [5.41, 5.74) is 1.84. The van der Waals surface area contributed by atoms with Gasteiger partial charge in [-0.25, -0.2) is 4.79 Å². The van der Waals surface area contributed by atoms with Gasteiger partial charge in [-0.1, -0.05) is 17.7 Å². The maximum Gasteiger partial charge on any atom is 0.317 e. The molecule has 1 aliphatic heterocycles. The Bertz CT molecular complexity index is 547. The SMILES string of the molecule is CCN(CC)C(=O)NC1CCN(C(=O)c2cccc(C)c2)CC1. The molecule has 0 radical (unpaired) electrons. The molecule has 0 aliphatic carbocycles. The summed E-state index contributed by atoms with van der Waals surface area (Å²) in [5.74, 6) is 0.0854. The number of hydrogen-bond acceptors (Lipinski definition) is 2. The molecule has 1 aliphatic rings. The van der Waals surface area contributed by atoms with Crippen LogP contribution in [0.1, 0.15) is 42.6 Å². The zero-order chi connectivity index (χ0) is 16.8. The van der Waals surface area contributed by atoms with Crippen LogP contribution in [0.2, 0.25) is 0 Å². The third-order valence-electron chi connectivity index (χ3n) is 4.43. The number of amides is 3. The molecular weight excluding hydrogens is 290 g/mol. The first-order valence-electron chi connectivity index (χ1n) is 8.46. The fraction of sp³-hybridized carbons (Fsp3) is 0.556. The standard InChI is InChI=1S/C18H27N3O2/c1-4-20(5-2)18(23)19-16-9-11-21(12-10-16)17(22)15-8-6-7-14(3)13-15/h6-8,13,16H,4-5,9-12H2,1-3H3,(H,19,23). The van der Waals surface area contributed by atoms with Gasteiger partial charge in [-0.3, -0.25) is 4.79 Å². The van der Waals surface area contributed by atoms with E-state index in [-0.39, 0.29) is 18.0 Å². The molecule has 0 spiro atoms. The van der Waals surface area contributed by atoms with Crippen molar-refractivity contribution >= 4 is 11.9 Å². The van der Waals surface area contributed by atoms with Gasteiger partial charge < -0.3 is 15.1 Å². The van der Waals surface area contributed by atoms with E-state index in [2.05, 4.69) is 5.32 Å². The normalized spacial score (nSPS) is 15.3. The average Bonchev–Trinajstić information content (AvgIpc) is 2.56. The van der Waals surface area contributed by atoms with E-state index in [0.717, 1.165) is 24.0 Å². The number of urea groups is 1. The molecule has 23 heavy (non-hydrogen) atoms. The zero-order valence-electron chi connectivity index (χ0n) is 14.3. The van der Waals surface area contributed by atoms with E-state index in [9.17, 15) is 9.59 Å². The molecule has 1 fully saturated rings. The van der Waals surface area contributed by atoms with Gasteiger partial charge in [-0.05, 0) is 45.7 Å². The summed E-state index contributed by atoms with van der Waals surface area (Å²) in [7, 11) is 0. The predicted octanol–water partition coefficient (Wildman–Crippen LogP) is 2.65. The maximum atomic E-state index is 12.5. The number of benzene rings is 1. The highest BCUT2D eigenvalue weighted by atomic mass is 16.2. The van der Waals surface area contributed by atoms with Gasteiger partial charge in [0.2, 0.25) is 0 Å². The molecule has 1 saturated heterocycles. The minimum atomic E-state index is -0.00143. The number of piperidine rings is 1. The predicted molar refractivity (Wildman–Crippen MR) is 91.6 cm³/mol. The van der Waals surface area contributed by atoms with Gasteiger partial charge in [-0.2, -0.15) is 0 Å². The number of carbonyl (C=O) groups excluding carboxylic acids is 2. The van der Waals surface area contributed by atoms with Crippen molar-refractivity contribution in [1.82, 2.24) is 15.1 Å². The Morgan fingerprint density at radius 3 is 2.43 bits per heavy atom. The molecule has 1 aromatic rings. The van der Waals surface area contributed by atoms with Crippen molar-refractivity contribution in [2.75, 3.05) is 26.2 Å². The highest BCUT2D eigenvalue weighted by Gasteiger charge is 2.25.